The third-order valence-corrected chi connectivity index (χ3v) is 6.71. The highest BCUT2D eigenvalue weighted by atomic mass is 16.5. The van der Waals surface area contributed by atoms with Crippen molar-refractivity contribution in [1.82, 2.24) is 9.36 Å². The molecule has 0 aliphatic rings. The number of anilines is 3. The van der Waals surface area contributed by atoms with Crippen molar-refractivity contribution in [2.75, 3.05) is 30.2 Å². The van der Waals surface area contributed by atoms with Gasteiger partial charge in [-0.05, 0) is 37.6 Å². The first-order chi connectivity index (χ1) is 20.2. The summed E-state index contributed by atoms with van der Waals surface area (Å²) in [4.78, 5) is 51.0. The van der Waals surface area contributed by atoms with Crippen LogP contribution < -0.4 is 31.0 Å². The maximum atomic E-state index is 13.0. The molecular weight excluding hydrogens is 538 g/mol. The second-order valence-corrected chi connectivity index (χ2v) is 9.46. The number of benzene rings is 3. The molecule has 1 heterocycles. The van der Waals surface area contributed by atoms with Crippen LogP contribution in [0.5, 0.6) is 11.5 Å². The van der Waals surface area contributed by atoms with Crippen molar-refractivity contribution >= 4 is 34.8 Å². The second-order valence-electron chi connectivity index (χ2n) is 9.46. The normalized spacial score (nSPS) is 10.6. The molecule has 3 aromatic carbocycles. The Morgan fingerprint density at radius 3 is 1.86 bits per heavy atom. The van der Waals surface area contributed by atoms with Gasteiger partial charge in [-0.3, -0.25) is 23.9 Å². The van der Waals surface area contributed by atoms with Gasteiger partial charge in [0.2, 0.25) is 11.8 Å². The first-order valence-corrected chi connectivity index (χ1v) is 13.3. The van der Waals surface area contributed by atoms with Crippen LogP contribution in [-0.2, 0) is 16.6 Å². The number of hydrogen-bond acceptors (Lipinski definition) is 6. The van der Waals surface area contributed by atoms with Crippen LogP contribution >= 0.6 is 0 Å². The molecule has 218 valence electrons. The predicted molar refractivity (Wildman–Crippen MR) is 161 cm³/mol. The second kappa shape index (κ2) is 13.4. The fourth-order valence-corrected chi connectivity index (χ4v) is 4.41. The highest BCUT2D eigenvalue weighted by molar-refractivity contribution is 6.05. The number of rotatable bonds is 11. The third-order valence-electron chi connectivity index (χ3n) is 6.71. The van der Waals surface area contributed by atoms with Gasteiger partial charge in [0.1, 0.15) is 17.2 Å². The van der Waals surface area contributed by atoms with Crippen molar-refractivity contribution in [1.29, 1.82) is 0 Å². The van der Waals surface area contributed by atoms with Gasteiger partial charge in [0.25, 0.3) is 11.5 Å². The Hall–Kier alpha value is -5.32. The Kier molecular flexibility index (Phi) is 9.43. The molecule has 0 bridgehead atoms. The van der Waals surface area contributed by atoms with Crippen LogP contribution in [0.2, 0.25) is 0 Å². The van der Waals surface area contributed by atoms with Gasteiger partial charge in [-0.2, -0.15) is 0 Å². The van der Waals surface area contributed by atoms with Gasteiger partial charge >= 0.3 is 0 Å². The van der Waals surface area contributed by atoms with E-state index in [9.17, 15) is 19.2 Å². The molecule has 0 radical (unpaired) electrons. The summed E-state index contributed by atoms with van der Waals surface area (Å²) in [5, 5.41) is 8.27. The first kappa shape index (κ1) is 29.7. The van der Waals surface area contributed by atoms with Crippen LogP contribution in [0.3, 0.4) is 0 Å². The number of amides is 3. The van der Waals surface area contributed by atoms with Crippen LogP contribution in [0.25, 0.3) is 5.69 Å². The average Bonchev–Trinajstić information content (AvgIpc) is 3.21. The number of nitrogens with one attached hydrogen (secondary N) is 3. The van der Waals surface area contributed by atoms with Crippen molar-refractivity contribution in [2.24, 2.45) is 7.05 Å². The van der Waals surface area contributed by atoms with Crippen molar-refractivity contribution in [3.05, 3.63) is 94.4 Å². The number of methoxy groups -OCH3 is 2. The monoisotopic (exact) mass is 571 g/mol. The molecule has 0 aliphatic carbocycles. The van der Waals surface area contributed by atoms with Crippen molar-refractivity contribution < 1.29 is 23.9 Å². The molecule has 3 amide bonds. The lowest BCUT2D eigenvalue weighted by Crippen LogP contribution is -2.23. The highest BCUT2D eigenvalue weighted by Gasteiger charge is 2.19. The van der Waals surface area contributed by atoms with Crippen LogP contribution in [0.1, 0.15) is 35.3 Å². The van der Waals surface area contributed by atoms with Crippen LogP contribution in [0, 0.1) is 6.92 Å². The number of ether oxygens (including phenoxy) is 2. The molecule has 4 rings (SSSR count). The van der Waals surface area contributed by atoms with Crippen molar-refractivity contribution in [3.8, 4) is 17.2 Å². The Labute approximate surface area is 243 Å². The van der Waals surface area contributed by atoms with E-state index in [0.29, 0.717) is 39.8 Å². The topological polar surface area (TPSA) is 133 Å². The zero-order valence-electron chi connectivity index (χ0n) is 23.9. The smallest absolute Gasteiger partial charge is 0.295 e. The maximum absolute atomic E-state index is 13.0. The van der Waals surface area contributed by atoms with E-state index >= 15 is 0 Å². The minimum absolute atomic E-state index is 0.0391. The largest absolute Gasteiger partial charge is 0.494 e. The lowest BCUT2D eigenvalue weighted by molar-refractivity contribution is -0.117. The van der Waals surface area contributed by atoms with Gasteiger partial charge in [-0.15, -0.1) is 0 Å². The van der Waals surface area contributed by atoms with Gasteiger partial charge in [0.15, 0.2) is 0 Å². The number of aromatic nitrogens is 2. The Morgan fingerprint density at radius 2 is 1.29 bits per heavy atom. The minimum atomic E-state index is -0.369. The molecule has 1 aromatic heterocycles. The maximum Gasteiger partial charge on any atom is 0.295 e. The van der Waals surface area contributed by atoms with E-state index in [2.05, 4.69) is 16.0 Å². The molecule has 0 saturated carbocycles. The average molecular weight is 572 g/mol. The molecule has 11 heteroatoms. The van der Waals surface area contributed by atoms with E-state index in [1.54, 1.807) is 55.1 Å². The standard InChI is InChI=1S/C31H33N5O6/c1-20-29(31(40)36(35(20)2)22-14-9-6-10-15-22)34-28(38)17-11-16-27(37)32-23-18-26(42-4)24(19-25(23)41-3)33-30(39)21-12-7-5-8-13-21/h5-10,12-15,18-19H,11,16-17H2,1-4H3,(H,32,37)(H,33,39)(H,34,38). The zero-order chi connectivity index (χ0) is 30.2. The van der Waals surface area contributed by atoms with Gasteiger partial charge in [0.05, 0.1) is 37.0 Å². The number of nitrogens with zero attached hydrogens (tertiary/aromatic N) is 2. The summed E-state index contributed by atoms with van der Waals surface area (Å²) in [5.74, 6) is -0.387. The molecule has 11 nitrogen and oxygen atoms in total. The van der Waals surface area contributed by atoms with Gasteiger partial charge in [0, 0.05) is 37.6 Å². The molecule has 0 saturated heterocycles. The molecule has 0 fully saturated rings. The van der Waals surface area contributed by atoms with Crippen molar-refractivity contribution in [2.45, 2.75) is 26.2 Å². The number of para-hydroxylation sites is 1. The van der Waals surface area contributed by atoms with Crippen molar-refractivity contribution in [3.63, 3.8) is 0 Å². The third kappa shape index (κ3) is 6.69. The van der Waals surface area contributed by atoms with E-state index < -0.39 is 0 Å². The number of carbonyl (C=O) groups excluding carboxylic acids is 3. The zero-order valence-corrected chi connectivity index (χ0v) is 23.9. The molecule has 0 unspecified atom stereocenters. The summed E-state index contributed by atoms with van der Waals surface area (Å²) < 4.78 is 14.0. The Balaban J connectivity index is 1.36. The van der Waals surface area contributed by atoms with E-state index in [4.69, 9.17) is 9.47 Å². The number of hydrogen-bond donors (Lipinski definition) is 3. The minimum Gasteiger partial charge on any atom is -0.494 e. The van der Waals surface area contributed by atoms with E-state index in [1.807, 2.05) is 36.4 Å². The molecule has 3 N–H and O–H groups in total. The van der Waals surface area contributed by atoms with Gasteiger partial charge < -0.3 is 25.4 Å². The summed E-state index contributed by atoms with van der Waals surface area (Å²) in [6, 6.07) is 21.0. The Bertz CT molecular complexity index is 1640. The summed E-state index contributed by atoms with van der Waals surface area (Å²) in [7, 11) is 4.64. The van der Waals surface area contributed by atoms with Crippen LogP contribution in [-0.4, -0.2) is 41.3 Å². The fraction of sp³-hybridized carbons (Fsp3) is 0.226. The van der Waals surface area contributed by atoms with E-state index in [-0.39, 0.29) is 48.2 Å². The predicted octanol–water partition coefficient (Wildman–Crippen LogP) is 4.50. The summed E-state index contributed by atoms with van der Waals surface area (Å²) in [6.07, 6.45) is 0.339. The first-order valence-electron chi connectivity index (χ1n) is 13.3. The summed E-state index contributed by atoms with van der Waals surface area (Å²) in [5.41, 5.74) is 2.36. The molecular formula is C31H33N5O6. The highest BCUT2D eigenvalue weighted by Crippen LogP contribution is 2.36. The van der Waals surface area contributed by atoms with Crippen LogP contribution in [0.15, 0.2) is 77.6 Å². The summed E-state index contributed by atoms with van der Waals surface area (Å²) in [6.45, 7) is 1.75. The van der Waals surface area contributed by atoms with Gasteiger partial charge in [-0.1, -0.05) is 36.4 Å². The van der Waals surface area contributed by atoms with E-state index in [1.165, 1.54) is 18.9 Å². The fourth-order valence-electron chi connectivity index (χ4n) is 4.41. The lowest BCUT2D eigenvalue weighted by Gasteiger charge is -2.16. The van der Waals surface area contributed by atoms with E-state index in [0.717, 1.165) is 0 Å². The van der Waals surface area contributed by atoms with Crippen LogP contribution in [0.4, 0.5) is 17.1 Å². The molecule has 0 spiro atoms. The molecule has 0 aliphatic heterocycles. The lowest BCUT2D eigenvalue weighted by atomic mass is 10.1. The Morgan fingerprint density at radius 1 is 0.762 bits per heavy atom. The quantitative estimate of drug-likeness (QED) is 0.243. The SMILES string of the molecule is COc1cc(NC(=O)c2ccccc2)c(OC)cc1NC(=O)CCCC(=O)Nc1c(C)n(C)n(-c2ccccc2)c1=O. The number of carbonyl (C=O) groups is 3. The molecule has 0 atom stereocenters. The molecule has 42 heavy (non-hydrogen) atoms. The summed E-state index contributed by atoms with van der Waals surface area (Å²) >= 11 is 0. The van der Waals surface area contributed by atoms with Gasteiger partial charge in [-0.25, -0.2) is 4.68 Å². The molecule has 4 aromatic rings.